The Bertz CT molecular complexity index is 830. The van der Waals surface area contributed by atoms with E-state index in [1.165, 1.54) is 0 Å². The largest absolute Gasteiger partial charge is 0.490 e. The normalized spacial score (nSPS) is 12.0. The number of aliphatic hydroxyl groups is 1. The molecule has 4 N–H and O–H groups in total. The fourth-order valence-corrected chi connectivity index (χ4v) is 2.24. The molecule has 0 saturated carbocycles. The molecule has 0 fully saturated rings. The second-order valence-electron chi connectivity index (χ2n) is 7.29. The van der Waals surface area contributed by atoms with Crippen molar-refractivity contribution in [1.29, 1.82) is 0 Å². The van der Waals surface area contributed by atoms with Crippen LogP contribution in [0.25, 0.3) is 0 Å². The SMILES string of the molecule is CC(C)(C)NCC(O)COc1ccc(C(N)=O)cc1C#Cc1ccccc1. The number of carbonyl (C=O) groups is 1. The second kappa shape index (κ2) is 9.22. The summed E-state index contributed by atoms with van der Waals surface area (Å²) >= 11 is 0. The Kier molecular flexibility index (Phi) is 7.00. The molecule has 0 aliphatic heterocycles. The highest BCUT2D eigenvalue weighted by molar-refractivity contribution is 5.93. The van der Waals surface area contributed by atoms with E-state index in [1.54, 1.807) is 18.2 Å². The molecule has 0 radical (unpaired) electrons. The third-order valence-corrected chi connectivity index (χ3v) is 3.68. The average Bonchev–Trinajstić information content (AvgIpc) is 2.63. The van der Waals surface area contributed by atoms with Gasteiger partial charge in [-0.25, -0.2) is 0 Å². The van der Waals surface area contributed by atoms with Crippen LogP contribution in [-0.4, -0.2) is 35.8 Å². The monoisotopic (exact) mass is 366 g/mol. The van der Waals surface area contributed by atoms with E-state index in [9.17, 15) is 9.90 Å². The van der Waals surface area contributed by atoms with Gasteiger partial charge in [0.15, 0.2) is 0 Å². The topological polar surface area (TPSA) is 84.6 Å². The first-order valence-electron chi connectivity index (χ1n) is 8.81. The Morgan fingerprint density at radius 2 is 1.89 bits per heavy atom. The number of carbonyl (C=O) groups excluding carboxylic acids is 1. The van der Waals surface area contributed by atoms with Crippen LogP contribution in [0.3, 0.4) is 0 Å². The standard InChI is InChI=1S/C22H26N2O3/c1-22(2,3)24-14-19(25)15-27-20-12-11-18(21(23)26)13-17(20)10-9-16-7-5-4-6-8-16/h4-8,11-13,19,24-25H,14-15H2,1-3H3,(H2,23,26). The van der Waals surface area contributed by atoms with E-state index in [0.29, 0.717) is 23.4 Å². The molecule has 0 aliphatic rings. The Labute approximate surface area is 160 Å². The van der Waals surface area contributed by atoms with Gasteiger partial charge in [0.05, 0.1) is 5.56 Å². The highest BCUT2D eigenvalue weighted by Crippen LogP contribution is 2.20. The van der Waals surface area contributed by atoms with Gasteiger partial charge in [-0.1, -0.05) is 30.0 Å². The Hall–Kier alpha value is -2.81. The lowest BCUT2D eigenvalue weighted by atomic mass is 10.1. The van der Waals surface area contributed by atoms with Crippen molar-refractivity contribution >= 4 is 5.91 Å². The molecular weight excluding hydrogens is 340 g/mol. The zero-order valence-corrected chi connectivity index (χ0v) is 16.0. The molecule has 1 amide bonds. The summed E-state index contributed by atoms with van der Waals surface area (Å²) in [4.78, 5) is 11.5. The molecule has 2 rings (SSSR count). The van der Waals surface area contributed by atoms with Crippen LogP contribution in [-0.2, 0) is 0 Å². The van der Waals surface area contributed by atoms with Crippen LogP contribution < -0.4 is 15.8 Å². The summed E-state index contributed by atoms with van der Waals surface area (Å²) in [5.41, 5.74) is 7.03. The van der Waals surface area contributed by atoms with Crippen LogP contribution in [0.5, 0.6) is 5.75 Å². The van der Waals surface area contributed by atoms with Gasteiger partial charge in [0.2, 0.25) is 5.91 Å². The predicted octanol–water partition coefficient (Wildman–Crippen LogP) is 2.31. The maximum absolute atomic E-state index is 11.5. The van der Waals surface area contributed by atoms with Crippen molar-refractivity contribution in [3.05, 3.63) is 65.2 Å². The molecule has 2 aromatic carbocycles. The van der Waals surface area contributed by atoms with Gasteiger partial charge in [-0.3, -0.25) is 4.79 Å². The Morgan fingerprint density at radius 1 is 1.19 bits per heavy atom. The third-order valence-electron chi connectivity index (χ3n) is 3.68. The molecule has 0 spiro atoms. The molecule has 0 saturated heterocycles. The molecule has 1 unspecified atom stereocenters. The molecule has 0 heterocycles. The average molecular weight is 366 g/mol. The molecule has 142 valence electrons. The number of β-amino-alcohol motifs (C(OH)–C–C–N with tert-alkyl or cyclic N) is 1. The summed E-state index contributed by atoms with van der Waals surface area (Å²) in [6, 6.07) is 14.4. The minimum Gasteiger partial charge on any atom is -0.490 e. The highest BCUT2D eigenvalue weighted by atomic mass is 16.5. The number of nitrogens with one attached hydrogen (secondary N) is 1. The molecule has 0 bridgehead atoms. The van der Waals surface area contributed by atoms with Gasteiger partial charge in [0.1, 0.15) is 18.5 Å². The van der Waals surface area contributed by atoms with Crippen molar-refractivity contribution in [2.24, 2.45) is 5.73 Å². The summed E-state index contributed by atoms with van der Waals surface area (Å²) in [5, 5.41) is 13.3. The van der Waals surface area contributed by atoms with Crippen molar-refractivity contribution in [3.8, 4) is 17.6 Å². The van der Waals surface area contributed by atoms with Gasteiger partial charge in [-0.05, 0) is 51.1 Å². The number of benzene rings is 2. The molecule has 5 nitrogen and oxygen atoms in total. The van der Waals surface area contributed by atoms with Crippen LogP contribution in [0.1, 0.15) is 42.3 Å². The van der Waals surface area contributed by atoms with Crippen molar-refractivity contribution in [3.63, 3.8) is 0 Å². The van der Waals surface area contributed by atoms with Gasteiger partial charge in [0, 0.05) is 23.2 Å². The number of nitrogens with two attached hydrogens (primary N) is 1. The molecule has 27 heavy (non-hydrogen) atoms. The minimum absolute atomic E-state index is 0.0869. The van der Waals surface area contributed by atoms with Crippen molar-refractivity contribution in [1.82, 2.24) is 5.32 Å². The zero-order valence-electron chi connectivity index (χ0n) is 16.0. The lowest BCUT2D eigenvalue weighted by molar-refractivity contribution is 0.0990. The number of aliphatic hydroxyl groups excluding tert-OH is 1. The number of rotatable bonds is 6. The number of hydrogen-bond acceptors (Lipinski definition) is 4. The van der Waals surface area contributed by atoms with E-state index in [0.717, 1.165) is 5.56 Å². The van der Waals surface area contributed by atoms with Gasteiger partial charge >= 0.3 is 0 Å². The van der Waals surface area contributed by atoms with Crippen molar-refractivity contribution < 1.29 is 14.6 Å². The molecule has 0 aliphatic carbocycles. The Balaban J connectivity index is 2.15. The fraction of sp³-hybridized carbons (Fsp3) is 0.318. The van der Waals surface area contributed by atoms with Gasteiger partial charge in [-0.15, -0.1) is 0 Å². The van der Waals surface area contributed by atoms with Crippen LogP contribution in [0.2, 0.25) is 0 Å². The summed E-state index contributed by atoms with van der Waals surface area (Å²) in [7, 11) is 0. The summed E-state index contributed by atoms with van der Waals surface area (Å²) in [5.74, 6) is 6.04. The van der Waals surface area contributed by atoms with E-state index in [1.807, 2.05) is 51.1 Å². The number of amides is 1. The fourth-order valence-electron chi connectivity index (χ4n) is 2.24. The van der Waals surface area contributed by atoms with Crippen LogP contribution in [0.15, 0.2) is 48.5 Å². The predicted molar refractivity (Wildman–Crippen MR) is 107 cm³/mol. The lowest BCUT2D eigenvalue weighted by Crippen LogP contribution is -2.42. The molecule has 0 aromatic heterocycles. The van der Waals surface area contributed by atoms with E-state index in [2.05, 4.69) is 17.2 Å². The molecule has 5 heteroatoms. The second-order valence-corrected chi connectivity index (χ2v) is 7.29. The summed E-state index contributed by atoms with van der Waals surface area (Å²) < 4.78 is 5.74. The number of primary amides is 1. The van der Waals surface area contributed by atoms with Crippen molar-refractivity contribution in [2.75, 3.05) is 13.2 Å². The first kappa shape index (κ1) is 20.5. The number of ether oxygens (including phenoxy) is 1. The summed E-state index contributed by atoms with van der Waals surface area (Å²) in [6.07, 6.45) is -0.671. The lowest BCUT2D eigenvalue weighted by Gasteiger charge is -2.23. The van der Waals surface area contributed by atoms with Gasteiger partial charge in [-0.2, -0.15) is 0 Å². The van der Waals surface area contributed by atoms with E-state index in [4.69, 9.17) is 10.5 Å². The maximum atomic E-state index is 11.5. The van der Waals surface area contributed by atoms with Crippen molar-refractivity contribution in [2.45, 2.75) is 32.4 Å². The van der Waals surface area contributed by atoms with E-state index < -0.39 is 12.0 Å². The van der Waals surface area contributed by atoms with Gasteiger partial charge in [0.25, 0.3) is 0 Å². The van der Waals surface area contributed by atoms with Crippen LogP contribution in [0.4, 0.5) is 0 Å². The third kappa shape index (κ3) is 7.14. The molecule has 2 aromatic rings. The van der Waals surface area contributed by atoms with Gasteiger partial charge < -0.3 is 20.9 Å². The zero-order chi connectivity index (χ0) is 19.9. The molecule has 1 atom stereocenters. The molecular formula is C22H26N2O3. The van der Waals surface area contributed by atoms with Crippen LogP contribution in [0, 0.1) is 11.8 Å². The highest BCUT2D eigenvalue weighted by Gasteiger charge is 2.14. The smallest absolute Gasteiger partial charge is 0.248 e. The van der Waals surface area contributed by atoms with E-state index >= 15 is 0 Å². The van der Waals surface area contributed by atoms with Crippen LogP contribution >= 0.6 is 0 Å². The first-order chi connectivity index (χ1) is 12.7. The number of hydrogen-bond donors (Lipinski definition) is 3. The maximum Gasteiger partial charge on any atom is 0.248 e. The minimum atomic E-state index is -0.671. The Morgan fingerprint density at radius 3 is 2.52 bits per heavy atom. The quantitative estimate of drug-likeness (QED) is 0.685. The first-order valence-corrected chi connectivity index (χ1v) is 8.81. The summed E-state index contributed by atoms with van der Waals surface area (Å²) in [6.45, 7) is 6.61. The van der Waals surface area contributed by atoms with E-state index in [-0.39, 0.29) is 12.1 Å².